The van der Waals surface area contributed by atoms with E-state index in [1.807, 2.05) is 13.1 Å². The third kappa shape index (κ3) is 4.28. The zero-order valence-electron chi connectivity index (χ0n) is 9.95. The maximum Gasteiger partial charge on any atom is 0.204 e. The molecule has 6 nitrogen and oxygen atoms in total. The lowest BCUT2D eigenvalue weighted by atomic mass is 10.2. The summed E-state index contributed by atoms with van der Waals surface area (Å²) >= 11 is 1.53. The molecule has 0 unspecified atom stereocenters. The predicted molar refractivity (Wildman–Crippen MR) is 69.7 cm³/mol. The van der Waals surface area contributed by atoms with Crippen LogP contribution in [-0.2, 0) is 6.42 Å². The maximum atomic E-state index is 8.44. The highest BCUT2D eigenvalue weighted by Crippen LogP contribution is 2.20. The van der Waals surface area contributed by atoms with Gasteiger partial charge in [-0.2, -0.15) is 5.26 Å². The molecule has 0 aliphatic rings. The van der Waals surface area contributed by atoms with E-state index in [-0.39, 0.29) is 0 Å². The Balaban J connectivity index is 2.29. The molecule has 1 aromatic heterocycles. The first-order valence-corrected chi connectivity index (χ1v) is 6.06. The Labute approximate surface area is 105 Å². The molecule has 0 saturated carbocycles. The van der Waals surface area contributed by atoms with Gasteiger partial charge in [0.1, 0.15) is 0 Å². The van der Waals surface area contributed by atoms with Gasteiger partial charge in [0.15, 0.2) is 11.3 Å². The SMILES string of the molecule is C/N=C(/NC#N)NCCCc1sc(N)nc1C. The van der Waals surface area contributed by atoms with Crippen LogP contribution in [-0.4, -0.2) is 24.5 Å². The number of rotatable bonds is 4. The van der Waals surface area contributed by atoms with Crippen LogP contribution < -0.4 is 16.4 Å². The monoisotopic (exact) mass is 252 g/mol. The molecule has 0 spiro atoms. The Kier molecular flexibility index (Phi) is 5.23. The van der Waals surface area contributed by atoms with Crippen LogP contribution in [0.5, 0.6) is 0 Å². The van der Waals surface area contributed by atoms with Crippen molar-refractivity contribution < 1.29 is 0 Å². The van der Waals surface area contributed by atoms with Crippen LogP contribution in [0.25, 0.3) is 0 Å². The molecule has 1 aromatic rings. The Bertz CT molecular complexity index is 430. The van der Waals surface area contributed by atoms with Crippen LogP contribution in [0.15, 0.2) is 4.99 Å². The zero-order chi connectivity index (χ0) is 12.7. The van der Waals surface area contributed by atoms with Crippen LogP contribution in [0, 0.1) is 18.4 Å². The second-order valence-electron chi connectivity index (χ2n) is 3.40. The van der Waals surface area contributed by atoms with Crippen molar-refractivity contribution in [3.63, 3.8) is 0 Å². The van der Waals surface area contributed by atoms with Crippen molar-refractivity contribution in [1.29, 1.82) is 5.26 Å². The third-order valence-electron chi connectivity index (χ3n) is 2.18. The normalized spacial score (nSPS) is 11.0. The molecular weight excluding hydrogens is 236 g/mol. The molecule has 17 heavy (non-hydrogen) atoms. The number of hydrogen-bond acceptors (Lipinski definition) is 5. The number of nitriles is 1. The molecule has 0 atom stereocenters. The van der Waals surface area contributed by atoms with Crippen LogP contribution in [0.3, 0.4) is 0 Å². The number of anilines is 1. The summed E-state index contributed by atoms with van der Waals surface area (Å²) in [6.07, 6.45) is 3.69. The standard InChI is InChI=1S/C10H16N6S/c1-7-8(17-9(12)16-7)4-3-5-14-10(13-2)15-6-11/h3-5H2,1-2H3,(H2,12,16)(H2,13,14,15). The topological polar surface area (TPSA) is 99.1 Å². The number of nitrogens with two attached hydrogens (primary N) is 1. The van der Waals surface area contributed by atoms with Gasteiger partial charge in [-0.3, -0.25) is 10.3 Å². The molecule has 92 valence electrons. The second kappa shape index (κ2) is 6.70. The highest BCUT2D eigenvalue weighted by molar-refractivity contribution is 7.15. The Morgan fingerprint density at radius 2 is 2.41 bits per heavy atom. The minimum absolute atomic E-state index is 0.494. The summed E-state index contributed by atoms with van der Waals surface area (Å²) in [5.41, 5.74) is 6.63. The minimum Gasteiger partial charge on any atom is -0.375 e. The molecule has 0 aliphatic carbocycles. The van der Waals surface area contributed by atoms with Gasteiger partial charge in [-0.25, -0.2) is 4.98 Å². The molecule has 0 amide bonds. The van der Waals surface area contributed by atoms with E-state index in [2.05, 4.69) is 20.6 Å². The molecule has 0 aliphatic heterocycles. The van der Waals surface area contributed by atoms with E-state index in [1.54, 1.807) is 7.05 Å². The Hall–Kier alpha value is -1.81. The second-order valence-corrected chi connectivity index (χ2v) is 4.52. The van der Waals surface area contributed by atoms with E-state index in [1.165, 1.54) is 16.2 Å². The minimum atomic E-state index is 0.494. The number of nitrogens with zero attached hydrogens (tertiary/aromatic N) is 3. The summed E-state index contributed by atoms with van der Waals surface area (Å²) in [5.74, 6) is 0.494. The summed E-state index contributed by atoms with van der Waals surface area (Å²) < 4.78 is 0. The number of aryl methyl sites for hydroxylation is 2. The molecule has 0 radical (unpaired) electrons. The molecule has 4 N–H and O–H groups in total. The molecule has 7 heteroatoms. The lowest BCUT2D eigenvalue weighted by molar-refractivity contribution is 0.764. The van der Waals surface area contributed by atoms with Gasteiger partial charge in [-0.15, -0.1) is 11.3 Å². The van der Waals surface area contributed by atoms with Crippen LogP contribution in [0.2, 0.25) is 0 Å². The van der Waals surface area contributed by atoms with Crippen molar-refractivity contribution >= 4 is 22.4 Å². The fourth-order valence-electron chi connectivity index (χ4n) is 1.37. The maximum absolute atomic E-state index is 8.44. The zero-order valence-corrected chi connectivity index (χ0v) is 10.8. The summed E-state index contributed by atoms with van der Waals surface area (Å²) in [6.45, 7) is 2.71. The van der Waals surface area contributed by atoms with Gasteiger partial charge in [0, 0.05) is 18.5 Å². The molecular formula is C10H16N6S. The van der Waals surface area contributed by atoms with Crippen molar-refractivity contribution in [2.24, 2.45) is 4.99 Å². The van der Waals surface area contributed by atoms with Gasteiger partial charge in [0.2, 0.25) is 5.96 Å². The fraction of sp³-hybridized carbons (Fsp3) is 0.500. The van der Waals surface area contributed by atoms with E-state index in [9.17, 15) is 0 Å². The van der Waals surface area contributed by atoms with Crippen LogP contribution in [0.1, 0.15) is 17.0 Å². The highest BCUT2D eigenvalue weighted by atomic mass is 32.1. The lowest BCUT2D eigenvalue weighted by Crippen LogP contribution is -2.35. The van der Waals surface area contributed by atoms with Gasteiger partial charge in [-0.1, -0.05) is 0 Å². The van der Waals surface area contributed by atoms with E-state index in [0.717, 1.165) is 25.1 Å². The molecule has 0 bridgehead atoms. The number of thiazole rings is 1. The van der Waals surface area contributed by atoms with Crippen molar-refractivity contribution in [3.05, 3.63) is 10.6 Å². The van der Waals surface area contributed by atoms with Crippen molar-refractivity contribution in [1.82, 2.24) is 15.6 Å². The number of guanidine groups is 1. The molecule has 0 aromatic carbocycles. The van der Waals surface area contributed by atoms with E-state index < -0.39 is 0 Å². The molecule has 0 fully saturated rings. The molecule has 1 heterocycles. The molecule has 0 saturated heterocycles. The van der Waals surface area contributed by atoms with Crippen molar-refractivity contribution in [3.8, 4) is 6.19 Å². The lowest BCUT2D eigenvalue weighted by Gasteiger charge is -2.06. The highest BCUT2D eigenvalue weighted by Gasteiger charge is 2.04. The number of nitrogen functional groups attached to an aromatic ring is 1. The summed E-state index contributed by atoms with van der Waals surface area (Å²) in [5, 5.41) is 14.6. The Morgan fingerprint density at radius 3 is 2.94 bits per heavy atom. The quantitative estimate of drug-likeness (QED) is 0.240. The summed E-state index contributed by atoms with van der Waals surface area (Å²) in [4.78, 5) is 9.27. The van der Waals surface area contributed by atoms with E-state index >= 15 is 0 Å². The average Bonchev–Trinajstić information content (AvgIpc) is 2.62. The van der Waals surface area contributed by atoms with Gasteiger partial charge >= 0.3 is 0 Å². The Morgan fingerprint density at radius 1 is 1.65 bits per heavy atom. The van der Waals surface area contributed by atoms with Gasteiger partial charge < -0.3 is 11.1 Å². The molecule has 1 rings (SSSR count). The average molecular weight is 252 g/mol. The van der Waals surface area contributed by atoms with Crippen LogP contribution in [0.4, 0.5) is 5.13 Å². The third-order valence-corrected chi connectivity index (χ3v) is 3.23. The first kappa shape index (κ1) is 13.3. The number of aliphatic imine (C=N–C) groups is 1. The number of aromatic nitrogens is 1. The first-order chi connectivity index (χ1) is 8.17. The van der Waals surface area contributed by atoms with Crippen molar-refractivity contribution in [2.45, 2.75) is 19.8 Å². The van der Waals surface area contributed by atoms with E-state index in [4.69, 9.17) is 11.0 Å². The largest absolute Gasteiger partial charge is 0.375 e. The van der Waals surface area contributed by atoms with Crippen molar-refractivity contribution in [2.75, 3.05) is 19.3 Å². The first-order valence-electron chi connectivity index (χ1n) is 5.25. The smallest absolute Gasteiger partial charge is 0.204 e. The predicted octanol–water partition coefficient (Wildman–Crippen LogP) is 0.612. The number of hydrogen-bond donors (Lipinski definition) is 3. The van der Waals surface area contributed by atoms with Gasteiger partial charge in [0.25, 0.3) is 0 Å². The summed E-state index contributed by atoms with van der Waals surface area (Å²) in [6, 6.07) is 0. The summed E-state index contributed by atoms with van der Waals surface area (Å²) in [7, 11) is 1.63. The number of nitrogens with one attached hydrogen (secondary N) is 2. The van der Waals surface area contributed by atoms with E-state index in [0.29, 0.717) is 11.1 Å². The van der Waals surface area contributed by atoms with Gasteiger partial charge in [-0.05, 0) is 19.8 Å². The van der Waals surface area contributed by atoms with Gasteiger partial charge in [0.05, 0.1) is 5.69 Å². The fourth-order valence-corrected chi connectivity index (χ4v) is 2.25. The van der Waals surface area contributed by atoms with Crippen LogP contribution >= 0.6 is 11.3 Å².